The number of nitrogens with zero attached hydrogens (tertiary/aromatic N) is 1. The Kier molecular flexibility index (Phi) is 4.89. The number of hydrogen-bond donors (Lipinski definition) is 1. The minimum Gasteiger partial charge on any atom is -0.479 e. The minimum atomic E-state index is -0.457. The maximum Gasteiger partial charge on any atom is 0.264 e. The van der Waals surface area contributed by atoms with Crippen molar-refractivity contribution in [2.75, 3.05) is 13.1 Å². The van der Waals surface area contributed by atoms with Crippen molar-refractivity contribution in [3.8, 4) is 5.75 Å². The number of hydrogen-bond acceptors (Lipinski definition) is 3. The number of ether oxygens (including phenoxy) is 1. The van der Waals surface area contributed by atoms with E-state index in [1.54, 1.807) is 6.07 Å². The molecule has 1 aromatic rings. The van der Waals surface area contributed by atoms with Gasteiger partial charge in [-0.3, -0.25) is 4.79 Å². The van der Waals surface area contributed by atoms with Crippen LogP contribution in [0.15, 0.2) is 24.3 Å². The van der Waals surface area contributed by atoms with E-state index in [1.165, 1.54) is 0 Å². The van der Waals surface area contributed by atoms with Crippen LogP contribution in [0.5, 0.6) is 5.75 Å². The molecule has 0 spiro atoms. The summed E-state index contributed by atoms with van der Waals surface area (Å²) in [6, 6.07) is 8.00. The van der Waals surface area contributed by atoms with Gasteiger partial charge in [-0.2, -0.15) is 0 Å². The van der Waals surface area contributed by atoms with Crippen molar-refractivity contribution in [3.63, 3.8) is 0 Å². The number of halogens is 1. The van der Waals surface area contributed by atoms with E-state index in [-0.39, 0.29) is 5.91 Å². The monoisotopic (exact) mass is 322 g/mol. The maximum atomic E-state index is 13.0. The third-order valence-electron chi connectivity index (χ3n) is 4.66. The van der Waals surface area contributed by atoms with E-state index in [4.69, 9.17) is 16.3 Å². The van der Waals surface area contributed by atoms with E-state index in [0.29, 0.717) is 29.3 Å². The fourth-order valence-electron chi connectivity index (χ4n) is 3.51. The largest absolute Gasteiger partial charge is 0.479 e. The second-order valence-corrected chi connectivity index (χ2v) is 6.48. The molecule has 5 heteroatoms. The Morgan fingerprint density at radius 1 is 1.36 bits per heavy atom. The molecule has 2 saturated heterocycles. The van der Waals surface area contributed by atoms with Crippen LogP contribution < -0.4 is 10.1 Å². The van der Waals surface area contributed by atoms with Gasteiger partial charge in [-0.25, -0.2) is 0 Å². The Bertz CT molecular complexity index is 523. The van der Waals surface area contributed by atoms with Crippen LogP contribution in [-0.4, -0.2) is 42.1 Å². The summed E-state index contributed by atoms with van der Waals surface area (Å²) in [7, 11) is 0. The number of benzene rings is 1. The van der Waals surface area contributed by atoms with Crippen LogP contribution in [0.25, 0.3) is 0 Å². The third kappa shape index (κ3) is 3.08. The van der Waals surface area contributed by atoms with Crippen LogP contribution in [0.4, 0.5) is 0 Å². The molecule has 3 atom stereocenters. The van der Waals surface area contributed by atoms with Crippen LogP contribution in [-0.2, 0) is 4.79 Å². The average Bonchev–Trinajstić information content (AvgIpc) is 2.79. The summed E-state index contributed by atoms with van der Waals surface area (Å²) < 4.78 is 5.93. The molecule has 1 amide bonds. The molecule has 1 N–H and O–H groups in total. The zero-order valence-corrected chi connectivity index (χ0v) is 13.7. The molecule has 0 saturated carbocycles. The summed E-state index contributed by atoms with van der Waals surface area (Å²) in [5.41, 5.74) is 0. The molecule has 0 radical (unpaired) electrons. The lowest BCUT2D eigenvalue weighted by Gasteiger charge is -2.31. The lowest BCUT2D eigenvalue weighted by atomic mass is 10.1. The van der Waals surface area contributed by atoms with Gasteiger partial charge in [0.15, 0.2) is 6.10 Å². The minimum absolute atomic E-state index is 0.110. The highest BCUT2D eigenvalue weighted by Crippen LogP contribution is 2.31. The Morgan fingerprint density at radius 2 is 2.14 bits per heavy atom. The second-order valence-electron chi connectivity index (χ2n) is 6.07. The van der Waals surface area contributed by atoms with Crippen molar-refractivity contribution < 1.29 is 9.53 Å². The highest BCUT2D eigenvalue weighted by Gasteiger charge is 2.40. The molecule has 2 aliphatic rings. The smallest absolute Gasteiger partial charge is 0.264 e. The Morgan fingerprint density at radius 3 is 2.91 bits per heavy atom. The molecule has 2 heterocycles. The summed E-state index contributed by atoms with van der Waals surface area (Å²) in [4.78, 5) is 15.1. The molecule has 2 bridgehead atoms. The van der Waals surface area contributed by atoms with Gasteiger partial charge in [0.2, 0.25) is 0 Å². The van der Waals surface area contributed by atoms with Gasteiger partial charge in [0, 0.05) is 18.6 Å². The molecule has 3 rings (SSSR count). The summed E-state index contributed by atoms with van der Waals surface area (Å²) in [5.74, 6) is 0.697. The average molecular weight is 323 g/mol. The molecular formula is C17H23ClN2O2. The Balaban J connectivity index is 1.75. The van der Waals surface area contributed by atoms with Gasteiger partial charge in [0.05, 0.1) is 5.02 Å². The van der Waals surface area contributed by atoms with E-state index < -0.39 is 6.10 Å². The number of nitrogens with one attached hydrogen (secondary N) is 1. The van der Waals surface area contributed by atoms with Gasteiger partial charge in [0.25, 0.3) is 5.91 Å². The van der Waals surface area contributed by atoms with Crippen LogP contribution in [0.1, 0.15) is 32.6 Å². The van der Waals surface area contributed by atoms with Crippen molar-refractivity contribution in [1.82, 2.24) is 10.2 Å². The highest BCUT2D eigenvalue weighted by atomic mass is 35.5. The van der Waals surface area contributed by atoms with Crippen molar-refractivity contribution >= 4 is 17.5 Å². The predicted octanol–water partition coefficient (Wildman–Crippen LogP) is 2.85. The summed E-state index contributed by atoms with van der Waals surface area (Å²) in [6.07, 6.45) is 3.42. The van der Waals surface area contributed by atoms with E-state index in [9.17, 15) is 4.79 Å². The topological polar surface area (TPSA) is 41.6 Å². The predicted molar refractivity (Wildman–Crippen MR) is 87.3 cm³/mol. The molecule has 0 aliphatic carbocycles. The van der Waals surface area contributed by atoms with Gasteiger partial charge >= 0.3 is 0 Å². The summed E-state index contributed by atoms with van der Waals surface area (Å²) >= 11 is 6.15. The molecule has 0 aromatic heterocycles. The molecule has 2 aliphatic heterocycles. The fourth-order valence-corrected chi connectivity index (χ4v) is 3.69. The van der Waals surface area contributed by atoms with E-state index >= 15 is 0 Å². The number of rotatable bonds is 4. The molecule has 22 heavy (non-hydrogen) atoms. The van der Waals surface area contributed by atoms with Gasteiger partial charge in [0.1, 0.15) is 5.75 Å². The Labute approximate surface area is 136 Å². The summed E-state index contributed by atoms with van der Waals surface area (Å²) in [5, 5.41) is 3.97. The lowest BCUT2D eigenvalue weighted by Crippen LogP contribution is -2.48. The zero-order chi connectivity index (χ0) is 15.5. The molecule has 120 valence electrons. The second kappa shape index (κ2) is 6.88. The first kappa shape index (κ1) is 15.6. The van der Waals surface area contributed by atoms with E-state index in [2.05, 4.69) is 10.2 Å². The normalized spacial score (nSPS) is 25.6. The van der Waals surface area contributed by atoms with Crippen molar-refractivity contribution in [2.45, 2.75) is 50.8 Å². The number of amides is 1. The Hall–Kier alpha value is -1.26. The van der Waals surface area contributed by atoms with Crippen molar-refractivity contribution in [1.29, 1.82) is 0 Å². The first-order valence-electron chi connectivity index (χ1n) is 8.14. The first-order valence-corrected chi connectivity index (χ1v) is 8.52. The molecule has 1 aromatic carbocycles. The van der Waals surface area contributed by atoms with Crippen molar-refractivity contribution in [2.24, 2.45) is 0 Å². The van der Waals surface area contributed by atoms with Gasteiger partial charge < -0.3 is 15.0 Å². The fraction of sp³-hybridized carbons (Fsp3) is 0.588. The summed E-state index contributed by atoms with van der Waals surface area (Å²) in [6.45, 7) is 3.87. The van der Waals surface area contributed by atoms with Gasteiger partial charge in [-0.1, -0.05) is 30.7 Å². The standard InChI is InChI=1S/C17H23ClN2O2/c1-2-15(22-16-6-4-3-5-14(16)18)17(21)20-12-7-8-13(20)11-19-10-9-12/h3-6,12-13,15,19H,2,7-11H2,1H3. The third-order valence-corrected chi connectivity index (χ3v) is 4.97. The van der Waals surface area contributed by atoms with E-state index in [1.807, 2.05) is 25.1 Å². The number of carbonyl (C=O) groups excluding carboxylic acids is 1. The first-order chi connectivity index (χ1) is 10.7. The molecular weight excluding hydrogens is 300 g/mol. The molecule has 3 unspecified atom stereocenters. The van der Waals surface area contributed by atoms with Crippen LogP contribution >= 0.6 is 11.6 Å². The SMILES string of the molecule is CCC(Oc1ccccc1Cl)C(=O)N1C2CCNCC1CC2. The van der Waals surface area contributed by atoms with Crippen LogP contribution in [0.3, 0.4) is 0 Å². The van der Waals surface area contributed by atoms with Crippen molar-refractivity contribution in [3.05, 3.63) is 29.3 Å². The highest BCUT2D eigenvalue weighted by molar-refractivity contribution is 6.32. The quantitative estimate of drug-likeness (QED) is 0.926. The van der Waals surface area contributed by atoms with E-state index in [0.717, 1.165) is 32.4 Å². The number of para-hydroxylation sites is 1. The van der Waals surface area contributed by atoms with Gasteiger partial charge in [-0.15, -0.1) is 0 Å². The number of carbonyl (C=O) groups is 1. The molecule has 4 nitrogen and oxygen atoms in total. The van der Waals surface area contributed by atoms with Crippen LogP contribution in [0.2, 0.25) is 5.02 Å². The van der Waals surface area contributed by atoms with Crippen LogP contribution in [0, 0.1) is 0 Å². The van der Waals surface area contributed by atoms with Gasteiger partial charge in [-0.05, 0) is 44.4 Å². The zero-order valence-electron chi connectivity index (χ0n) is 12.9. The number of fused-ring (bicyclic) bond motifs is 2. The maximum absolute atomic E-state index is 13.0. The lowest BCUT2D eigenvalue weighted by molar-refractivity contribution is -0.141. The molecule has 2 fully saturated rings.